The van der Waals surface area contributed by atoms with Gasteiger partial charge in [0.05, 0.1) is 18.0 Å². The van der Waals surface area contributed by atoms with Crippen molar-refractivity contribution < 1.29 is 0 Å². The van der Waals surface area contributed by atoms with E-state index in [1.165, 1.54) is 10.8 Å². The van der Waals surface area contributed by atoms with Gasteiger partial charge in [0.15, 0.2) is 0 Å². The molecule has 0 aromatic heterocycles. The van der Waals surface area contributed by atoms with Crippen LogP contribution in [0.15, 0.2) is 72.8 Å². The Morgan fingerprint density at radius 1 is 0.864 bits per heavy atom. The highest BCUT2D eigenvalue weighted by atomic mass is 32.1. The summed E-state index contributed by atoms with van der Waals surface area (Å²) in [5.41, 5.74) is 2.26. The monoisotopic (exact) mass is 307 g/mol. The van der Waals surface area contributed by atoms with Crippen LogP contribution in [0, 0.1) is 0 Å². The van der Waals surface area contributed by atoms with Crippen LogP contribution in [-0.2, 0) is 0 Å². The number of nitrogens with one attached hydrogen (secondary N) is 1. The largest absolute Gasteiger partial charge is 0.269 e. The highest BCUT2D eigenvalue weighted by molar-refractivity contribution is 7.81. The second-order valence-electron chi connectivity index (χ2n) is 5.31. The molecule has 1 atom stereocenters. The van der Waals surface area contributed by atoms with E-state index in [2.05, 4.69) is 82.1 Å². The standard InChI is InChI=1S/C18H17N3S/c22-18-19-13-20(15-9-2-1-3-10-15)21(18)17-12-6-8-14-7-4-5-11-16(14)17/h1-12,18-19,22H,13H2. The third-order valence-electron chi connectivity index (χ3n) is 3.98. The summed E-state index contributed by atoms with van der Waals surface area (Å²) in [6.07, 6.45) is 0. The lowest BCUT2D eigenvalue weighted by Crippen LogP contribution is -2.40. The van der Waals surface area contributed by atoms with Gasteiger partial charge in [0.2, 0.25) is 0 Å². The van der Waals surface area contributed by atoms with Crippen molar-refractivity contribution in [3.8, 4) is 0 Å². The van der Waals surface area contributed by atoms with Crippen LogP contribution in [0.4, 0.5) is 11.4 Å². The Morgan fingerprint density at radius 3 is 2.45 bits per heavy atom. The van der Waals surface area contributed by atoms with Gasteiger partial charge >= 0.3 is 0 Å². The van der Waals surface area contributed by atoms with Gasteiger partial charge in [0.25, 0.3) is 0 Å². The van der Waals surface area contributed by atoms with Crippen molar-refractivity contribution in [3.63, 3.8) is 0 Å². The molecule has 22 heavy (non-hydrogen) atoms. The summed E-state index contributed by atoms with van der Waals surface area (Å²) in [7, 11) is 0. The van der Waals surface area contributed by atoms with E-state index in [1.807, 2.05) is 6.07 Å². The van der Waals surface area contributed by atoms with Crippen molar-refractivity contribution in [2.75, 3.05) is 16.7 Å². The van der Waals surface area contributed by atoms with Crippen molar-refractivity contribution in [3.05, 3.63) is 72.8 Å². The second-order valence-corrected chi connectivity index (χ2v) is 5.80. The van der Waals surface area contributed by atoms with Crippen molar-refractivity contribution in [2.45, 2.75) is 5.50 Å². The molecule has 3 aromatic carbocycles. The molecule has 1 heterocycles. The number of rotatable bonds is 2. The molecule has 3 nitrogen and oxygen atoms in total. The molecule has 1 unspecified atom stereocenters. The molecule has 3 aromatic rings. The number of anilines is 2. The van der Waals surface area contributed by atoms with Gasteiger partial charge in [0.1, 0.15) is 5.50 Å². The molecule has 1 aliphatic rings. The van der Waals surface area contributed by atoms with Crippen LogP contribution in [0.5, 0.6) is 0 Å². The number of nitrogens with zero attached hydrogens (tertiary/aromatic N) is 2. The number of hydrogen-bond acceptors (Lipinski definition) is 4. The van der Waals surface area contributed by atoms with Crippen LogP contribution in [0.2, 0.25) is 0 Å². The summed E-state index contributed by atoms with van der Waals surface area (Å²) in [4.78, 5) is 0. The molecule has 1 saturated heterocycles. The Balaban J connectivity index is 1.84. The van der Waals surface area contributed by atoms with Crippen LogP contribution in [0.25, 0.3) is 10.8 Å². The van der Waals surface area contributed by atoms with Crippen molar-refractivity contribution in [1.82, 2.24) is 5.32 Å². The quantitative estimate of drug-likeness (QED) is 0.701. The fourth-order valence-corrected chi connectivity index (χ4v) is 3.28. The van der Waals surface area contributed by atoms with E-state index >= 15 is 0 Å². The Kier molecular flexibility index (Phi) is 3.41. The molecule has 0 saturated carbocycles. The smallest absolute Gasteiger partial charge is 0.146 e. The van der Waals surface area contributed by atoms with Gasteiger partial charge < -0.3 is 0 Å². The van der Waals surface area contributed by atoms with Crippen LogP contribution >= 0.6 is 12.6 Å². The maximum Gasteiger partial charge on any atom is 0.146 e. The summed E-state index contributed by atoms with van der Waals surface area (Å²) < 4.78 is 0. The molecular formula is C18H17N3S. The van der Waals surface area contributed by atoms with E-state index in [9.17, 15) is 0 Å². The van der Waals surface area contributed by atoms with Crippen LogP contribution < -0.4 is 15.3 Å². The number of benzene rings is 3. The van der Waals surface area contributed by atoms with Crippen molar-refractivity contribution >= 4 is 34.8 Å². The Bertz CT molecular complexity index is 785. The van der Waals surface area contributed by atoms with Gasteiger partial charge in [-0.05, 0) is 23.6 Å². The fraction of sp³-hybridized carbons (Fsp3) is 0.111. The predicted octanol–water partition coefficient (Wildman–Crippen LogP) is 3.84. The van der Waals surface area contributed by atoms with E-state index in [-0.39, 0.29) is 5.50 Å². The summed E-state index contributed by atoms with van der Waals surface area (Å²) in [5, 5.41) is 10.3. The number of hydrogen-bond donors (Lipinski definition) is 2. The van der Waals surface area contributed by atoms with Gasteiger partial charge in [-0.2, -0.15) is 0 Å². The van der Waals surface area contributed by atoms with Crippen LogP contribution in [0.1, 0.15) is 0 Å². The van der Waals surface area contributed by atoms with Gasteiger partial charge in [-0.15, -0.1) is 12.6 Å². The lowest BCUT2D eigenvalue weighted by molar-refractivity contribution is 0.806. The summed E-state index contributed by atoms with van der Waals surface area (Å²) in [6.45, 7) is 0.738. The van der Waals surface area contributed by atoms with Crippen molar-refractivity contribution in [1.29, 1.82) is 0 Å². The first kappa shape index (κ1) is 13.5. The molecule has 4 rings (SSSR count). The van der Waals surface area contributed by atoms with E-state index in [0.29, 0.717) is 0 Å². The zero-order chi connectivity index (χ0) is 14.9. The van der Waals surface area contributed by atoms with E-state index < -0.39 is 0 Å². The Labute approximate surface area is 135 Å². The zero-order valence-electron chi connectivity index (χ0n) is 12.1. The minimum absolute atomic E-state index is 0.0500. The molecule has 0 bridgehead atoms. The number of thiol groups is 1. The molecule has 110 valence electrons. The average molecular weight is 307 g/mol. The topological polar surface area (TPSA) is 18.5 Å². The minimum Gasteiger partial charge on any atom is -0.269 e. The number of hydrazine groups is 1. The SMILES string of the molecule is SC1NCN(c2ccccc2)N1c1cccc2ccccc12. The summed E-state index contributed by atoms with van der Waals surface area (Å²) in [6, 6.07) is 25.2. The Hall–Kier alpha value is -2.17. The molecule has 0 spiro atoms. The van der Waals surface area contributed by atoms with Crippen molar-refractivity contribution in [2.24, 2.45) is 0 Å². The van der Waals surface area contributed by atoms with E-state index in [0.717, 1.165) is 18.0 Å². The third-order valence-corrected chi connectivity index (χ3v) is 4.38. The summed E-state index contributed by atoms with van der Waals surface area (Å²) in [5.74, 6) is 0. The van der Waals surface area contributed by atoms with Gasteiger partial charge in [0, 0.05) is 5.39 Å². The molecule has 1 fully saturated rings. The first-order chi connectivity index (χ1) is 10.8. The first-order valence-electron chi connectivity index (χ1n) is 7.35. The van der Waals surface area contributed by atoms with Gasteiger partial charge in [-0.3, -0.25) is 15.3 Å². The molecule has 4 heteroatoms. The molecule has 1 aliphatic heterocycles. The van der Waals surface area contributed by atoms with Gasteiger partial charge in [-0.25, -0.2) is 0 Å². The number of para-hydroxylation sites is 1. The lowest BCUT2D eigenvalue weighted by atomic mass is 10.1. The molecule has 0 amide bonds. The average Bonchev–Trinajstić information content (AvgIpc) is 2.96. The van der Waals surface area contributed by atoms with Crippen LogP contribution in [-0.4, -0.2) is 12.2 Å². The molecule has 0 aliphatic carbocycles. The van der Waals surface area contributed by atoms with Crippen LogP contribution in [0.3, 0.4) is 0 Å². The minimum atomic E-state index is -0.0500. The fourth-order valence-electron chi connectivity index (χ4n) is 2.95. The molecule has 1 N–H and O–H groups in total. The normalized spacial score (nSPS) is 18.1. The van der Waals surface area contributed by atoms with E-state index in [1.54, 1.807) is 0 Å². The molecular weight excluding hydrogens is 290 g/mol. The van der Waals surface area contributed by atoms with Gasteiger partial charge in [-0.1, -0.05) is 54.6 Å². The third kappa shape index (κ3) is 2.21. The number of fused-ring (bicyclic) bond motifs is 1. The highest BCUT2D eigenvalue weighted by Gasteiger charge is 2.30. The lowest BCUT2D eigenvalue weighted by Gasteiger charge is -2.33. The zero-order valence-corrected chi connectivity index (χ0v) is 12.9. The summed E-state index contributed by atoms with van der Waals surface area (Å²) >= 11 is 4.71. The first-order valence-corrected chi connectivity index (χ1v) is 7.87. The Morgan fingerprint density at radius 2 is 1.59 bits per heavy atom. The second kappa shape index (κ2) is 5.55. The maximum absolute atomic E-state index is 4.71. The predicted molar refractivity (Wildman–Crippen MR) is 96.1 cm³/mol. The molecule has 0 radical (unpaired) electrons. The maximum atomic E-state index is 4.71. The van der Waals surface area contributed by atoms with E-state index in [4.69, 9.17) is 12.6 Å². The highest BCUT2D eigenvalue weighted by Crippen LogP contribution is 2.33.